The number of hydrogen-bond donors (Lipinski definition) is 1. The number of carbonyl (C=O) groups is 1. The molecule has 1 N–H and O–H groups in total. The molecule has 2 fully saturated rings. The minimum atomic E-state index is -3.10. The van der Waals surface area contributed by atoms with Crippen LogP contribution in [0.1, 0.15) is 99.1 Å². The maximum absolute atomic E-state index is 13.9. The van der Waals surface area contributed by atoms with Gasteiger partial charge in [0.2, 0.25) is 0 Å². The lowest BCUT2D eigenvalue weighted by Gasteiger charge is -2.20. The second-order valence-corrected chi connectivity index (χ2v) is 13.4. The van der Waals surface area contributed by atoms with E-state index in [1.165, 1.54) is 44.9 Å². The molecule has 1 unspecified atom stereocenters. The van der Waals surface area contributed by atoms with E-state index in [2.05, 4.69) is 5.32 Å². The first-order valence-corrected chi connectivity index (χ1v) is 16.2. The number of nitrogens with zero attached hydrogens (tertiary/aromatic N) is 3. The van der Waals surface area contributed by atoms with Crippen LogP contribution in [0.5, 0.6) is 0 Å². The summed E-state index contributed by atoms with van der Waals surface area (Å²) in [6, 6.07) is 11.6. The number of pyridine rings is 1. The molecule has 2 aromatic heterocycles. The zero-order valence-corrected chi connectivity index (χ0v) is 23.3. The molecule has 3 heterocycles. The second-order valence-electron chi connectivity index (χ2n) is 11.1. The summed E-state index contributed by atoms with van der Waals surface area (Å²) in [5.74, 6) is 0.128. The molecule has 204 valence electrons. The molecule has 0 spiro atoms. The first kappa shape index (κ1) is 26.9. The van der Waals surface area contributed by atoms with Crippen LogP contribution in [-0.4, -0.2) is 46.6 Å². The Morgan fingerprint density at radius 2 is 1.55 bits per heavy atom. The van der Waals surface area contributed by atoms with E-state index in [1.54, 1.807) is 4.68 Å². The molecule has 0 bridgehead atoms. The molecular formula is C30H40N4O3S. The third-order valence-corrected chi connectivity index (χ3v) is 9.90. The monoisotopic (exact) mass is 536 g/mol. The van der Waals surface area contributed by atoms with E-state index in [0.29, 0.717) is 29.0 Å². The van der Waals surface area contributed by atoms with Gasteiger partial charge in [-0.2, -0.15) is 5.10 Å². The summed E-state index contributed by atoms with van der Waals surface area (Å²) in [4.78, 5) is 18.8. The predicted octanol–water partition coefficient (Wildman–Crippen LogP) is 6.17. The maximum atomic E-state index is 13.9. The molecule has 1 aliphatic carbocycles. The van der Waals surface area contributed by atoms with Crippen molar-refractivity contribution in [3.63, 3.8) is 0 Å². The van der Waals surface area contributed by atoms with Gasteiger partial charge < -0.3 is 5.32 Å². The number of aromatic nitrogens is 3. The highest BCUT2D eigenvalue weighted by molar-refractivity contribution is 7.91. The number of carbonyl (C=O) groups excluding carboxylic acids is 1. The number of nitrogens with one attached hydrogen (secondary N) is 1. The fraction of sp³-hybridized carbons (Fsp3) is 0.567. The molecule has 1 aliphatic heterocycles. The van der Waals surface area contributed by atoms with Crippen LogP contribution >= 0.6 is 0 Å². The van der Waals surface area contributed by atoms with Gasteiger partial charge in [0, 0.05) is 11.6 Å². The molecule has 2 aliphatic rings. The lowest BCUT2D eigenvalue weighted by Crippen LogP contribution is -2.35. The summed E-state index contributed by atoms with van der Waals surface area (Å²) in [6.45, 7) is 1.89. The third kappa shape index (κ3) is 6.28. The van der Waals surface area contributed by atoms with Crippen molar-refractivity contribution < 1.29 is 13.2 Å². The maximum Gasteiger partial charge on any atom is 0.252 e. The summed E-state index contributed by atoms with van der Waals surface area (Å²) in [5.41, 5.74) is 3.49. The van der Waals surface area contributed by atoms with Gasteiger partial charge in [-0.3, -0.25) is 4.79 Å². The van der Waals surface area contributed by atoms with Gasteiger partial charge in [-0.05, 0) is 32.3 Å². The molecule has 1 amide bonds. The topological polar surface area (TPSA) is 93.9 Å². The first-order valence-electron chi connectivity index (χ1n) is 14.4. The van der Waals surface area contributed by atoms with Crippen LogP contribution in [0, 0.1) is 6.92 Å². The van der Waals surface area contributed by atoms with Crippen LogP contribution < -0.4 is 5.32 Å². The Morgan fingerprint density at radius 1 is 0.921 bits per heavy atom. The summed E-state index contributed by atoms with van der Waals surface area (Å²) in [6.07, 6.45) is 13.8. The molecule has 5 rings (SSSR count). The average Bonchev–Trinajstić information content (AvgIpc) is 3.44. The Labute approximate surface area is 226 Å². The number of amides is 1. The zero-order chi connectivity index (χ0) is 26.5. The van der Waals surface area contributed by atoms with Gasteiger partial charge in [-0.1, -0.05) is 88.1 Å². The Morgan fingerprint density at radius 3 is 2.16 bits per heavy atom. The summed E-state index contributed by atoms with van der Waals surface area (Å²) in [5, 5.41) is 8.84. The molecule has 3 aromatic rings. The first-order chi connectivity index (χ1) is 18.4. The van der Waals surface area contributed by atoms with Gasteiger partial charge in [-0.25, -0.2) is 18.1 Å². The van der Waals surface area contributed by atoms with Gasteiger partial charge in [0.25, 0.3) is 5.91 Å². The van der Waals surface area contributed by atoms with Crippen LogP contribution in [0.3, 0.4) is 0 Å². The van der Waals surface area contributed by atoms with Crippen LogP contribution in [0.15, 0.2) is 36.4 Å². The number of hydrogen-bond acceptors (Lipinski definition) is 5. The van der Waals surface area contributed by atoms with Crippen LogP contribution in [-0.2, 0) is 9.84 Å². The molecule has 1 atom stereocenters. The quantitative estimate of drug-likeness (QED) is 0.430. The van der Waals surface area contributed by atoms with E-state index in [-0.39, 0.29) is 29.5 Å². The number of aryl methyl sites for hydroxylation is 1. The van der Waals surface area contributed by atoms with Crippen LogP contribution in [0.4, 0.5) is 0 Å². The molecule has 1 saturated heterocycles. The lowest BCUT2D eigenvalue weighted by atomic mass is 9.97. The van der Waals surface area contributed by atoms with E-state index in [1.807, 2.05) is 43.3 Å². The number of fused-ring (bicyclic) bond motifs is 1. The van der Waals surface area contributed by atoms with Gasteiger partial charge >= 0.3 is 0 Å². The highest BCUT2D eigenvalue weighted by atomic mass is 32.2. The number of sulfone groups is 1. The van der Waals surface area contributed by atoms with E-state index in [4.69, 9.17) is 10.1 Å². The molecule has 7 nitrogen and oxygen atoms in total. The van der Waals surface area contributed by atoms with E-state index in [0.717, 1.165) is 36.6 Å². The van der Waals surface area contributed by atoms with Crippen molar-refractivity contribution in [3.05, 3.63) is 47.7 Å². The van der Waals surface area contributed by atoms with Crippen molar-refractivity contribution in [1.29, 1.82) is 0 Å². The Bertz CT molecular complexity index is 1360. The standard InChI is InChI=1S/C30H40N4O3S/c1-22-28-26(30(35)31-24-16-12-7-5-3-2-4-6-8-13-17-24)20-27(23-14-10-9-11-15-23)32-29(28)34(33-22)25-18-19-38(36,37)21-25/h9-11,14-15,20,24-25H,2-8,12-13,16-19,21H2,1H3,(H,31,35). The van der Waals surface area contributed by atoms with Gasteiger partial charge in [-0.15, -0.1) is 0 Å². The fourth-order valence-electron chi connectivity index (χ4n) is 6.04. The van der Waals surface area contributed by atoms with Crippen LogP contribution in [0.2, 0.25) is 0 Å². The number of rotatable bonds is 4. The molecule has 38 heavy (non-hydrogen) atoms. The Balaban J connectivity index is 1.50. The van der Waals surface area contributed by atoms with Gasteiger partial charge in [0.1, 0.15) is 0 Å². The minimum absolute atomic E-state index is 0.0596. The van der Waals surface area contributed by atoms with E-state index in [9.17, 15) is 13.2 Å². The molecule has 8 heteroatoms. The van der Waals surface area contributed by atoms with Crippen molar-refractivity contribution in [2.24, 2.45) is 0 Å². The van der Waals surface area contributed by atoms with Gasteiger partial charge in [0.15, 0.2) is 15.5 Å². The SMILES string of the molecule is Cc1nn(C2CCS(=O)(=O)C2)c2nc(-c3ccccc3)cc(C(=O)NC3CCCCCCCCCCC3)c12. The predicted molar refractivity (Wildman–Crippen MR) is 152 cm³/mol. The van der Waals surface area contributed by atoms with Gasteiger partial charge in [0.05, 0.1) is 39.9 Å². The van der Waals surface area contributed by atoms with Crippen molar-refractivity contribution >= 4 is 26.8 Å². The second kappa shape index (κ2) is 12.0. The average molecular weight is 537 g/mol. The normalized spacial score (nSPS) is 21.6. The van der Waals surface area contributed by atoms with Crippen LogP contribution in [0.25, 0.3) is 22.3 Å². The molecule has 0 radical (unpaired) electrons. The molecule has 1 saturated carbocycles. The summed E-state index contributed by atoms with van der Waals surface area (Å²) < 4.78 is 26.3. The minimum Gasteiger partial charge on any atom is -0.349 e. The highest BCUT2D eigenvalue weighted by Crippen LogP contribution is 2.32. The van der Waals surface area contributed by atoms with Crippen molar-refractivity contribution in [2.75, 3.05) is 11.5 Å². The van der Waals surface area contributed by atoms with E-state index < -0.39 is 9.84 Å². The smallest absolute Gasteiger partial charge is 0.252 e. The Kier molecular flexibility index (Phi) is 8.46. The molecule has 1 aromatic carbocycles. The third-order valence-electron chi connectivity index (χ3n) is 8.15. The van der Waals surface area contributed by atoms with Crippen molar-refractivity contribution in [3.8, 4) is 11.3 Å². The Hall–Kier alpha value is -2.74. The molecular weight excluding hydrogens is 496 g/mol. The van der Waals surface area contributed by atoms with Crippen molar-refractivity contribution in [1.82, 2.24) is 20.1 Å². The van der Waals surface area contributed by atoms with E-state index >= 15 is 0 Å². The zero-order valence-electron chi connectivity index (χ0n) is 22.5. The summed E-state index contributed by atoms with van der Waals surface area (Å²) >= 11 is 0. The number of benzene rings is 1. The largest absolute Gasteiger partial charge is 0.349 e. The fourth-order valence-corrected chi connectivity index (χ4v) is 7.73. The summed E-state index contributed by atoms with van der Waals surface area (Å²) in [7, 11) is -3.10. The van der Waals surface area contributed by atoms with Crippen molar-refractivity contribution in [2.45, 2.75) is 96.1 Å². The lowest BCUT2D eigenvalue weighted by molar-refractivity contribution is 0.0933. The highest BCUT2D eigenvalue weighted by Gasteiger charge is 2.32.